The Morgan fingerprint density at radius 3 is 2.85 bits per heavy atom. The van der Waals surface area contributed by atoms with Crippen molar-refractivity contribution in [1.29, 1.82) is 0 Å². The van der Waals surface area contributed by atoms with Gasteiger partial charge in [0.15, 0.2) is 0 Å². The Morgan fingerprint density at radius 2 is 2.12 bits per heavy atom. The highest BCUT2D eigenvalue weighted by Gasteiger charge is 2.46. The lowest BCUT2D eigenvalue weighted by molar-refractivity contribution is -0.130. The molecular formula is C21H26N2O2S. The highest BCUT2D eigenvalue weighted by molar-refractivity contribution is 7.08. The second-order valence-electron chi connectivity index (χ2n) is 7.40. The third kappa shape index (κ3) is 3.26. The zero-order valence-corrected chi connectivity index (χ0v) is 16.2. The lowest BCUT2D eigenvalue weighted by atomic mass is 9.82. The number of nitrogens with zero attached hydrogens (tertiary/aromatic N) is 2. The van der Waals surface area contributed by atoms with Crippen LogP contribution in [0.3, 0.4) is 0 Å². The van der Waals surface area contributed by atoms with Gasteiger partial charge in [0.25, 0.3) is 0 Å². The molecule has 1 amide bonds. The van der Waals surface area contributed by atoms with Crippen LogP contribution in [0, 0.1) is 5.92 Å². The lowest BCUT2D eigenvalue weighted by Crippen LogP contribution is -2.47. The summed E-state index contributed by atoms with van der Waals surface area (Å²) >= 11 is 1.75. The van der Waals surface area contributed by atoms with E-state index in [4.69, 9.17) is 4.74 Å². The number of benzene rings is 1. The first kappa shape index (κ1) is 17.6. The van der Waals surface area contributed by atoms with Gasteiger partial charge in [-0.1, -0.05) is 18.2 Å². The average molecular weight is 371 g/mol. The summed E-state index contributed by atoms with van der Waals surface area (Å²) in [5.41, 5.74) is 2.63. The van der Waals surface area contributed by atoms with Crippen molar-refractivity contribution in [1.82, 2.24) is 9.80 Å². The SMILES string of the molecule is COc1ccccc1CN1CC[C@H]2[C@@H](C1)[C@H](c1ccsc1)CN2C(C)=O. The van der Waals surface area contributed by atoms with Crippen LogP contribution in [0.25, 0.3) is 0 Å². The highest BCUT2D eigenvalue weighted by atomic mass is 32.1. The molecule has 1 aromatic heterocycles. The van der Waals surface area contributed by atoms with Gasteiger partial charge in [0.2, 0.25) is 5.91 Å². The van der Waals surface area contributed by atoms with Crippen molar-refractivity contribution in [2.75, 3.05) is 26.7 Å². The number of carbonyl (C=O) groups excluding carboxylic acids is 1. The quantitative estimate of drug-likeness (QED) is 0.824. The van der Waals surface area contributed by atoms with Gasteiger partial charge in [0.05, 0.1) is 7.11 Å². The molecule has 2 saturated heterocycles. The van der Waals surface area contributed by atoms with E-state index in [9.17, 15) is 4.79 Å². The number of hydrogen-bond donors (Lipinski definition) is 0. The molecular weight excluding hydrogens is 344 g/mol. The Kier molecular flexibility index (Phi) is 5.00. The predicted molar refractivity (Wildman–Crippen MR) is 105 cm³/mol. The normalized spacial score (nSPS) is 25.9. The van der Waals surface area contributed by atoms with Crippen LogP contribution in [0.15, 0.2) is 41.1 Å². The molecule has 0 aliphatic carbocycles. The number of likely N-dealkylation sites (tertiary alicyclic amines) is 2. The Balaban J connectivity index is 1.54. The van der Waals surface area contributed by atoms with Crippen LogP contribution in [0.1, 0.15) is 30.4 Å². The predicted octanol–water partition coefficient (Wildman–Crippen LogP) is 3.59. The molecule has 0 N–H and O–H groups in total. The lowest BCUT2D eigenvalue weighted by Gasteiger charge is -2.38. The molecule has 3 atom stereocenters. The van der Waals surface area contributed by atoms with Gasteiger partial charge in [-0.2, -0.15) is 11.3 Å². The maximum atomic E-state index is 12.2. The number of rotatable bonds is 4. The number of para-hydroxylation sites is 1. The molecule has 3 heterocycles. The van der Waals surface area contributed by atoms with Crippen molar-refractivity contribution < 1.29 is 9.53 Å². The Morgan fingerprint density at radius 1 is 1.27 bits per heavy atom. The molecule has 1 aromatic carbocycles. The molecule has 26 heavy (non-hydrogen) atoms. The molecule has 0 saturated carbocycles. The van der Waals surface area contributed by atoms with E-state index in [1.54, 1.807) is 25.4 Å². The van der Waals surface area contributed by atoms with E-state index >= 15 is 0 Å². The van der Waals surface area contributed by atoms with E-state index in [0.29, 0.717) is 17.9 Å². The van der Waals surface area contributed by atoms with Crippen LogP contribution < -0.4 is 4.74 Å². The van der Waals surface area contributed by atoms with Gasteiger partial charge in [-0.25, -0.2) is 0 Å². The highest BCUT2D eigenvalue weighted by Crippen LogP contribution is 2.42. The van der Waals surface area contributed by atoms with Crippen molar-refractivity contribution >= 4 is 17.2 Å². The topological polar surface area (TPSA) is 32.8 Å². The zero-order chi connectivity index (χ0) is 18.1. The fourth-order valence-corrected chi connectivity index (χ4v) is 5.45. The molecule has 0 unspecified atom stereocenters. The minimum Gasteiger partial charge on any atom is -0.496 e. The van der Waals surface area contributed by atoms with Crippen LogP contribution in [0.5, 0.6) is 5.75 Å². The number of piperidine rings is 1. The first-order chi connectivity index (χ1) is 12.7. The fraction of sp³-hybridized carbons (Fsp3) is 0.476. The third-order valence-corrected chi connectivity index (χ3v) is 6.68. The molecule has 5 heteroatoms. The number of methoxy groups -OCH3 is 1. The van der Waals surface area contributed by atoms with Crippen LogP contribution in [-0.4, -0.2) is 48.5 Å². The largest absolute Gasteiger partial charge is 0.496 e. The van der Waals surface area contributed by atoms with E-state index in [2.05, 4.69) is 38.8 Å². The summed E-state index contributed by atoms with van der Waals surface area (Å²) in [7, 11) is 1.74. The number of ether oxygens (including phenoxy) is 1. The molecule has 2 fully saturated rings. The van der Waals surface area contributed by atoms with E-state index in [0.717, 1.165) is 38.3 Å². The van der Waals surface area contributed by atoms with Crippen molar-refractivity contribution in [2.24, 2.45) is 5.92 Å². The minimum absolute atomic E-state index is 0.218. The Hall–Kier alpha value is -1.85. The molecule has 4 rings (SSSR count). The van der Waals surface area contributed by atoms with Gasteiger partial charge < -0.3 is 9.64 Å². The van der Waals surface area contributed by atoms with Gasteiger partial charge in [0, 0.05) is 56.5 Å². The maximum absolute atomic E-state index is 12.2. The zero-order valence-electron chi connectivity index (χ0n) is 15.4. The first-order valence-electron chi connectivity index (χ1n) is 9.31. The Bertz CT molecular complexity index is 761. The fourth-order valence-electron chi connectivity index (χ4n) is 4.72. The van der Waals surface area contributed by atoms with Crippen LogP contribution in [0.4, 0.5) is 0 Å². The summed E-state index contributed by atoms with van der Waals surface area (Å²) in [5.74, 6) is 2.14. The van der Waals surface area contributed by atoms with Crippen molar-refractivity contribution in [3.05, 3.63) is 52.2 Å². The van der Waals surface area contributed by atoms with E-state index in [1.165, 1.54) is 11.1 Å². The summed E-state index contributed by atoms with van der Waals surface area (Å²) in [6, 6.07) is 10.9. The van der Waals surface area contributed by atoms with Gasteiger partial charge in [-0.3, -0.25) is 9.69 Å². The maximum Gasteiger partial charge on any atom is 0.219 e. The Labute approximate surface area is 159 Å². The molecule has 2 aliphatic rings. The molecule has 138 valence electrons. The van der Waals surface area contributed by atoms with Crippen molar-refractivity contribution in [3.63, 3.8) is 0 Å². The first-order valence-corrected chi connectivity index (χ1v) is 10.2. The summed E-state index contributed by atoms with van der Waals surface area (Å²) in [5, 5.41) is 4.40. The minimum atomic E-state index is 0.218. The second kappa shape index (κ2) is 7.41. The van der Waals surface area contributed by atoms with E-state index < -0.39 is 0 Å². The summed E-state index contributed by atoms with van der Waals surface area (Å²) < 4.78 is 5.52. The van der Waals surface area contributed by atoms with Crippen molar-refractivity contribution in [3.8, 4) is 5.75 Å². The monoisotopic (exact) mass is 370 g/mol. The standard InChI is InChI=1S/C21H26N2O2S/c1-15(24)23-13-18(17-8-10-26-14-17)19-12-22(9-7-20(19)23)11-16-5-3-4-6-21(16)25-2/h3-6,8,10,14,18-20H,7,9,11-13H2,1-2H3/t18-,19-,20-/m0/s1. The molecule has 0 bridgehead atoms. The van der Waals surface area contributed by atoms with E-state index in [1.807, 2.05) is 12.1 Å². The van der Waals surface area contributed by atoms with Gasteiger partial charge in [0.1, 0.15) is 5.75 Å². The number of hydrogen-bond acceptors (Lipinski definition) is 4. The number of thiophene rings is 1. The summed E-state index contributed by atoms with van der Waals surface area (Å²) in [6.45, 7) is 5.55. The van der Waals surface area contributed by atoms with Crippen LogP contribution in [0.2, 0.25) is 0 Å². The van der Waals surface area contributed by atoms with Gasteiger partial charge in [-0.15, -0.1) is 0 Å². The van der Waals surface area contributed by atoms with E-state index in [-0.39, 0.29) is 5.91 Å². The molecule has 0 radical (unpaired) electrons. The van der Waals surface area contributed by atoms with Crippen LogP contribution in [-0.2, 0) is 11.3 Å². The molecule has 2 aromatic rings. The molecule has 0 spiro atoms. The van der Waals surface area contributed by atoms with Gasteiger partial charge in [-0.05, 0) is 34.9 Å². The average Bonchev–Trinajstić information content (AvgIpc) is 3.29. The smallest absolute Gasteiger partial charge is 0.219 e. The van der Waals surface area contributed by atoms with Crippen molar-refractivity contribution in [2.45, 2.75) is 31.8 Å². The number of fused-ring (bicyclic) bond motifs is 1. The summed E-state index contributed by atoms with van der Waals surface area (Å²) in [4.78, 5) is 16.8. The molecule has 2 aliphatic heterocycles. The number of amides is 1. The number of carbonyl (C=O) groups is 1. The third-order valence-electron chi connectivity index (χ3n) is 5.98. The molecule has 4 nitrogen and oxygen atoms in total. The second-order valence-corrected chi connectivity index (χ2v) is 8.18. The summed E-state index contributed by atoms with van der Waals surface area (Å²) in [6.07, 6.45) is 1.06. The van der Waals surface area contributed by atoms with Crippen LogP contribution >= 0.6 is 11.3 Å². The van der Waals surface area contributed by atoms with Gasteiger partial charge >= 0.3 is 0 Å².